The third-order valence-electron chi connectivity index (χ3n) is 0.347. The van der Waals surface area contributed by atoms with E-state index in [2.05, 4.69) is 15.9 Å². The first kappa shape index (κ1) is 6.34. The van der Waals surface area contributed by atoms with Crippen LogP contribution in [0.3, 0.4) is 0 Å². The van der Waals surface area contributed by atoms with Crippen molar-refractivity contribution >= 4 is 15.9 Å². The average molecular weight is 159 g/mol. The highest BCUT2D eigenvalue weighted by Crippen LogP contribution is 2.07. The Bertz CT molecular complexity index is 29.8. The van der Waals surface area contributed by atoms with Crippen LogP contribution in [0, 0.1) is 0 Å². The molecule has 0 spiro atoms. The average Bonchev–Trinajstić information content (AvgIpc) is 1.36. The summed E-state index contributed by atoms with van der Waals surface area (Å²) in [5.74, 6) is 0. The van der Waals surface area contributed by atoms with Crippen LogP contribution in [0.1, 0.15) is 6.92 Å². The van der Waals surface area contributed by atoms with Crippen LogP contribution in [0.5, 0.6) is 0 Å². The molecule has 0 aromatic heterocycles. The van der Waals surface area contributed by atoms with Gasteiger partial charge in [0.25, 0.3) is 6.43 Å². The van der Waals surface area contributed by atoms with E-state index < -0.39 is 11.3 Å². The number of hydrogen-bond acceptors (Lipinski definition) is 0. The Labute approximate surface area is 43.7 Å². The first-order valence-corrected chi connectivity index (χ1v) is 2.48. The molecule has 0 rings (SSSR count). The lowest BCUT2D eigenvalue weighted by atomic mass is 10.5. The Morgan fingerprint density at radius 3 is 1.67 bits per heavy atom. The minimum atomic E-state index is -2.23. The lowest BCUT2D eigenvalue weighted by Gasteiger charge is -1.95. The van der Waals surface area contributed by atoms with Crippen molar-refractivity contribution in [2.24, 2.45) is 0 Å². The van der Waals surface area contributed by atoms with E-state index in [1.165, 1.54) is 6.92 Å². The van der Waals surface area contributed by atoms with E-state index in [9.17, 15) is 8.78 Å². The second-order valence-corrected chi connectivity index (χ2v) is 2.46. The van der Waals surface area contributed by atoms with Gasteiger partial charge in [-0.3, -0.25) is 0 Å². The van der Waals surface area contributed by atoms with Gasteiger partial charge in [0, 0.05) is 0 Å². The maximum absolute atomic E-state index is 11.1. The van der Waals surface area contributed by atoms with Crippen molar-refractivity contribution in [3.63, 3.8) is 0 Å². The smallest absolute Gasteiger partial charge is 0.209 e. The van der Waals surface area contributed by atoms with Crippen LogP contribution in [-0.2, 0) is 0 Å². The summed E-state index contributed by atoms with van der Waals surface area (Å²) in [6.45, 7) is 1.41. The van der Waals surface area contributed by atoms with Gasteiger partial charge in [-0.1, -0.05) is 15.9 Å². The lowest BCUT2D eigenvalue weighted by molar-refractivity contribution is 0.152. The minimum absolute atomic E-state index is 0.669. The highest BCUT2D eigenvalue weighted by atomic mass is 79.9. The molecule has 0 bridgehead atoms. The van der Waals surface area contributed by atoms with Crippen LogP contribution in [0.25, 0.3) is 0 Å². The standard InChI is InChI=1S/C3H5BrF2/c1-2(4)3(5)6/h2-3H,1H3. The van der Waals surface area contributed by atoms with Gasteiger partial charge in [-0.25, -0.2) is 8.78 Å². The van der Waals surface area contributed by atoms with Gasteiger partial charge >= 0.3 is 0 Å². The Balaban J connectivity index is 2.99. The molecule has 0 nitrogen and oxygen atoms in total. The summed E-state index contributed by atoms with van der Waals surface area (Å²) in [6.07, 6.45) is -2.23. The molecule has 0 fully saturated rings. The summed E-state index contributed by atoms with van der Waals surface area (Å²) in [6, 6.07) is 0. The molecule has 0 aliphatic heterocycles. The van der Waals surface area contributed by atoms with Crippen molar-refractivity contribution in [1.82, 2.24) is 0 Å². The third-order valence-corrected chi connectivity index (χ3v) is 0.747. The SMILES string of the molecule is CC(Br)C(F)F. The zero-order valence-corrected chi connectivity index (χ0v) is 4.87. The van der Waals surface area contributed by atoms with E-state index >= 15 is 0 Å². The second-order valence-electron chi connectivity index (χ2n) is 1.01. The van der Waals surface area contributed by atoms with E-state index in [1.54, 1.807) is 0 Å². The van der Waals surface area contributed by atoms with Crippen molar-refractivity contribution < 1.29 is 8.78 Å². The Hall–Kier alpha value is 0.340. The molecule has 0 aliphatic carbocycles. The zero-order chi connectivity index (χ0) is 5.15. The molecule has 0 N–H and O–H groups in total. The van der Waals surface area contributed by atoms with Gasteiger partial charge in [-0.2, -0.15) is 0 Å². The zero-order valence-electron chi connectivity index (χ0n) is 3.29. The van der Waals surface area contributed by atoms with Crippen molar-refractivity contribution in [2.45, 2.75) is 18.2 Å². The van der Waals surface area contributed by atoms with Gasteiger partial charge in [-0.05, 0) is 6.92 Å². The molecule has 0 aromatic carbocycles. The van der Waals surface area contributed by atoms with Crippen LogP contribution in [0.2, 0.25) is 0 Å². The Kier molecular flexibility index (Phi) is 2.64. The van der Waals surface area contributed by atoms with Crippen LogP contribution in [-0.4, -0.2) is 11.3 Å². The van der Waals surface area contributed by atoms with Gasteiger partial charge in [0.05, 0.1) is 4.83 Å². The molecule has 0 saturated carbocycles. The van der Waals surface area contributed by atoms with E-state index in [-0.39, 0.29) is 0 Å². The van der Waals surface area contributed by atoms with Crippen molar-refractivity contribution in [1.29, 1.82) is 0 Å². The fourth-order valence-electron chi connectivity index (χ4n) is 0. The van der Waals surface area contributed by atoms with Crippen LogP contribution in [0.15, 0.2) is 0 Å². The summed E-state index contributed by atoms with van der Waals surface area (Å²) in [5, 5.41) is 0. The molecule has 0 heterocycles. The summed E-state index contributed by atoms with van der Waals surface area (Å²) >= 11 is 2.69. The molecule has 6 heavy (non-hydrogen) atoms. The van der Waals surface area contributed by atoms with Gasteiger partial charge < -0.3 is 0 Å². The van der Waals surface area contributed by atoms with Gasteiger partial charge in [0.2, 0.25) is 0 Å². The monoisotopic (exact) mass is 158 g/mol. The lowest BCUT2D eigenvalue weighted by Crippen LogP contribution is -2.02. The molecule has 0 aromatic rings. The van der Waals surface area contributed by atoms with Gasteiger partial charge in [-0.15, -0.1) is 0 Å². The topological polar surface area (TPSA) is 0 Å². The summed E-state index contributed by atoms with van der Waals surface area (Å²) in [4.78, 5) is -0.669. The second kappa shape index (κ2) is 2.50. The summed E-state index contributed by atoms with van der Waals surface area (Å²) in [5.41, 5.74) is 0. The number of hydrogen-bond donors (Lipinski definition) is 0. The fourth-order valence-corrected chi connectivity index (χ4v) is 0. The molecule has 0 amide bonds. The molecule has 1 atom stereocenters. The fraction of sp³-hybridized carbons (Fsp3) is 1.00. The van der Waals surface area contributed by atoms with E-state index in [4.69, 9.17) is 0 Å². The number of halogens is 3. The van der Waals surface area contributed by atoms with Crippen LogP contribution >= 0.6 is 15.9 Å². The van der Waals surface area contributed by atoms with E-state index in [0.29, 0.717) is 0 Å². The van der Waals surface area contributed by atoms with Crippen molar-refractivity contribution in [3.05, 3.63) is 0 Å². The highest BCUT2D eigenvalue weighted by molar-refractivity contribution is 9.09. The maximum Gasteiger partial charge on any atom is 0.250 e. The summed E-state index contributed by atoms with van der Waals surface area (Å²) in [7, 11) is 0. The Morgan fingerprint density at radius 1 is 1.50 bits per heavy atom. The first-order chi connectivity index (χ1) is 2.64. The van der Waals surface area contributed by atoms with Crippen molar-refractivity contribution in [3.8, 4) is 0 Å². The van der Waals surface area contributed by atoms with E-state index in [0.717, 1.165) is 0 Å². The van der Waals surface area contributed by atoms with Crippen molar-refractivity contribution in [2.75, 3.05) is 0 Å². The predicted octanol–water partition coefficient (Wildman–Crippen LogP) is 2.03. The molecule has 3 heteroatoms. The largest absolute Gasteiger partial charge is 0.250 e. The van der Waals surface area contributed by atoms with Crippen LogP contribution < -0.4 is 0 Å². The number of alkyl halides is 3. The molecular weight excluding hydrogens is 154 g/mol. The van der Waals surface area contributed by atoms with Gasteiger partial charge in [0.1, 0.15) is 0 Å². The highest BCUT2D eigenvalue weighted by Gasteiger charge is 2.07. The molecule has 38 valence electrons. The number of rotatable bonds is 1. The molecular formula is C3H5BrF2. The third kappa shape index (κ3) is 2.57. The maximum atomic E-state index is 11.1. The normalized spacial score (nSPS) is 15.5. The molecule has 0 aliphatic rings. The molecule has 1 unspecified atom stereocenters. The minimum Gasteiger partial charge on any atom is -0.209 e. The first-order valence-electron chi connectivity index (χ1n) is 1.57. The Morgan fingerprint density at radius 2 is 1.67 bits per heavy atom. The predicted molar refractivity (Wildman–Crippen MR) is 24.4 cm³/mol. The quantitative estimate of drug-likeness (QED) is 0.513. The van der Waals surface area contributed by atoms with Crippen LogP contribution in [0.4, 0.5) is 8.78 Å². The summed E-state index contributed by atoms with van der Waals surface area (Å²) < 4.78 is 22.2. The molecule has 0 radical (unpaired) electrons. The molecule has 0 saturated heterocycles. The van der Waals surface area contributed by atoms with E-state index in [1.807, 2.05) is 0 Å². The van der Waals surface area contributed by atoms with Gasteiger partial charge in [0.15, 0.2) is 0 Å².